The van der Waals surface area contributed by atoms with Gasteiger partial charge in [-0.3, -0.25) is 0 Å². The molecule has 0 saturated carbocycles. The fraction of sp³-hybridized carbons (Fsp3) is 0. The van der Waals surface area contributed by atoms with Crippen LogP contribution in [0.2, 0.25) is 0 Å². The Morgan fingerprint density at radius 3 is 1.29 bits per heavy atom. The van der Waals surface area contributed by atoms with Crippen LogP contribution < -0.4 is 6.15 Å². The van der Waals surface area contributed by atoms with E-state index in [4.69, 9.17) is 15.0 Å². The first-order chi connectivity index (χ1) is 1.73. The van der Waals surface area contributed by atoms with E-state index in [-0.39, 0.29) is 52.8 Å². The molecule has 0 spiro atoms. The van der Waals surface area contributed by atoms with Crippen molar-refractivity contribution in [1.29, 1.82) is 0 Å². The van der Waals surface area contributed by atoms with Crippen LogP contribution in [-0.4, -0.2) is 45.9 Å². The van der Waals surface area contributed by atoms with Gasteiger partial charge in [0.2, 0.25) is 0 Å². The third kappa shape index (κ3) is 271. The van der Waals surface area contributed by atoms with E-state index in [1.807, 2.05) is 0 Å². The van der Waals surface area contributed by atoms with Crippen LogP contribution in [0.15, 0.2) is 0 Å². The molecule has 0 saturated heterocycles. The summed E-state index contributed by atoms with van der Waals surface area (Å²) in [6.45, 7) is 0. The summed E-state index contributed by atoms with van der Waals surface area (Å²) in [6, 6.07) is 0. The molecular formula is CH6CuNNaO3. The van der Waals surface area contributed by atoms with Gasteiger partial charge in [0.15, 0.2) is 0 Å². The van der Waals surface area contributed by atoms with Crippen molar-refractivity contribution in [2.75, 3.05) is 0 Å². The molecule has 0 unspecified atom stereocenters. The van der Waals surface area contributed by atoms with Crippen molar-refractivity contribution in [3.8, 4) is 0 Å². The molecule has 0 fully saturated rings. The average Bonchev–Trinajstić information content (AvgIpc) is 0.811. The molecule has 4 nitrogen and oxygen atoms in total. The third-order valence-electron chi connectivity index (χ3n) is 0. The van der Waals surface area contributed by atoms with Gasteiger partial charge < -0.3 is 16.4 Å². The molecule has 0 aromatic heterocycles. The molecule has 0 aliphatic heterocycles. The minimum atomic E-state index is -1.83. The van der Waals surface area contributed by atoms with Crippen molar-refractivity contribution >= 4 is 35.7 Å². The van der Waals surface area contributed by atoms with E-state index in [0.29, 0.717) is 0 Å². The summed E-state index contributed by atoms with van der Waals surface area (Å²) in [5.41, 5.74) is 0. The molecule has 0 aromatic rings. The Morgan fingerprint density at radius 2 is 1.29 bits per heavy atom. The maximum atomic E-state index is 8.56. The Hall–Kier alpha value is 0.749. The predicted molar refractivity (Wildman–Crippen MR) is 22.8 cm³/mol. The Morgan fingerprint density at radius 1 is 1.29 bits per heavy atom. The molecule has 7 heavy (non-hydrogen) atoms. The second-order valence-corrected chi connectivity index (χ2v) is 0.283. The molecule has 0 heterocycles. The van der Waals surface area contributed by atoms with Gasteiger partial charge in [-0.15, -0.1) is 0 Å². The second-order valence-electron chi connectivity index (χ2n) is 0.283. The Labute approximate surface area is 73.6 Å². The van der Waals surface area contributed by atoms with Crippen molar-refractivity contribution in [3.63, 3.8) is 0 Å². The van der Waals surface area contributed by atoms with E-state index in [1.165, 1.54) is 0 Å². The summed E-state index contributed by atoms with van der Waals surface area (Å²) in [5, 5.41) is 13.9. The molecule has 0 aliphatic carbocycles. The van der Waals surface area contributed by atoms with E-state index in [1.54, 1.807) is 0 Å². The average molecular weight is 167 g/mol. The van der Waals surface area contributed by atoms with Crippen molar-refractivity contribution in [3.05, 3.63) is 0 Å². The van der Waals surface area contributed by atoms with Crippen LogP contribution in [0.25, 0.3) is 0 Å². The zero-order chi connectivity index (χ0) is 3.58. The number of carboxylic acid groups (broad SMARTS) is 2. The van der Waals surface area contributed by atoms with E-state index < -0.39 is 6.16 Å². The predicted octanol–water partition coefficient (Wildman–Crippen LogP) is -0.267. The summed E-state index contributed by atoms with van der Waals surface area (Å²) < 4.78 is 0. The van der Waals surface area contributed by atoms with E-state index in [2.05, 4.69) is 0 Å². The molecule has 5 N–H and O–H groups in total. The van der Waals surface area contributed by atoms with Crippen molar-refractivity contribution in [1.82, 2.24) is 6.15 Å². The van der Waals surface area contributed by atoms with Crippen LogP contribution in [0.4, 0.5) is 4.79 Å². The molecule has 0 aliphatic rings. The summed E-state index contributed by atoms with van der Waals surface area (Å²) in [7, 11) is 0. The SMILES string of the molecule is N.O=C(O)O.[Cu].[NaH]. The first-order valence-electron chi connectivity index (χ1n) is 0.651. The van der Waals surface area contributed by atoms with Gasteiger partial charge in [-0.2, -0.15) is 0 Å². The van der Waals surface area contributed by atoms with Gasteiger partial charge in [-0.1, -0.05) is 0 Å². The maximum absolute atomic E-state index is 8.56. The monoisotopic (exact) mass is 166 g/mol. The molecule has 1 radical (unpaired) electrons. The van der Waals surface area contributed by atoms with Crippen molar-refractivity contribution in [2.24, 2.45) is 0 Å². The first-order valence-corrected chi connectivity index (χ1v) is 0.651. The fourth-order valence-corrected chi connectivity index (χ4v) is 0. The van der Waals surface area contributed by atoms with Crippen LogP contribution >= 0.6 is 0 Å². The van der Waals surface area contributed by atoms with Gasteiger partial charge in [-0.05, 0) is 0 Å². The van der Waals surface area contributed by atoms with Gasteiger partial charge in [0.1, 0.15) is 0 Å². The summed E-state index contributed by atoms with van der Waals surface area (Å²) in [4.78, 5) is 8.56. The van der Waals surface area contributed by atoms with Crippen LogP contribution in [-0.2, 0) is 17.1 Å². The summed E-state index contributed by atoms with van der Waals surface area (Å²) in [5.74, 6) is 0. The third-order valence-corrected chi connectivity index (χ3v) is 0. The number of hydrogen-bond acceptors (Lipinski definition) is 2. The van der Waals surface area contributed by atoms with Crippen LogP contribution in [0.3, 0.4) is 0 Å². The van der Waals surface area contributed by atoms with Gasteiger partial charge in [0, 0.05) is 17.1 Å². The fourth-order valence-electron chi connectivity index (χ4n) is 0. The van der Waals surface area contributed by atoms with Gasteiger partial charge in [0.25, 0.3) is 0 Å². The van der Waals surface area contributed by atoms with Gasteiger partial charge in [-0.25, -0.2) is 4.79 Å². The van der Waals surface area contributed by atoms with Gasteiger partial charge in [0.05, 0.1) is 0 Å². The quantitative estimate of drug-likeness (QED) is 0.432. The number of carbonyl (C=O) groups is 1. The normalized spacial score (nSPS) is 3.43. The van der Waals surface area contributed by atoms with Crippen LogP contribution in [0, 0.1) is 0 Å². The Bertz CT molecular complexity index is 37.9. The molecular weight excluding hydrogens is 161 g/mol. The molecule has 6 heteroatoms. The molecule has 0 atom stereocenters. The summed E-state index contributed by atoms with van der Waals surface area (Å²) in [6.07, 6.45) is -1.83. The minimum absolute atomic E-state index is 0. The van der Waals surface area contributed by atoms with E-state index in [9.17, 15) is 0 Å². The Balaban J connectivity index is -0.0000000150. The molecule has 0 bridgehead atoms. The van der Waals surface area contributed by atoms with Crippen molar-refractivity contribution < 1.29 is 32.1 Å². The van der Waals surface area contributed by atoms with Crippen LogP contribution in [0.1, 0.15) is 0 Å². The Kier molecular flexibility index (Phi) is 56.9. The number of rotatable bonds is 0. The van der Waals surface area contributed by atoms with E-state index >= 15 is 0 Å². The van der Waals surface area contributed by atoms with Crippen molar-refractivity contribution in [2.45, 2.75) is 0 Å². The second kappa shape index (κ2) is 15.9. The molecule has 45 valence electrons. The summed E-state index contributed by atoms with van der Waals surface area (Å²) >= 11 is 0. The van der Waals surface area contributed by atoms with Crippen LogP contribution in [0.5, 0.6) is 0 Å². The first kappa shape index (κ1) is 25.1. The molecule has 0 aromatic carbocycles. The number of hydrogen-bond donors (Lipinski definition) is 3. The molecule has 0 rings (SSSR count). The van der Waals surface area contributed by atoms with E-state index in [0.717, 1.165) is 0 Å². The standard InChI is InChI=1S/CH2O3.Cu.H3N.Na.H/c2-1(3)4;;;;/h(H2,2,3,4);;1H3;;. The molecule has 0 amide bonds. The topological polar surface area (TPSA) is 92.5 Å². The zero-order valence-electron chi connectivity index (χ0n) is 2.81. The van der Waals surface area contributed by atoms with Gasteiger partial charge >= 0.3 is 35.7 Å². The zero-order valence-corrected chi connectivity index (χ0v) is 3.75.